The molecule has 1 N–H and O–H groups in total. The Balaban J connectivity index is 2.06. The molecule has 0 fully saturated rings. The lowest BCUT2D eigenvalue weighted by atomic mass is 9.90. The molecule has 2 aromatic rings. The smallest absolute Gasteiger partial charge is 0.234 e. The third-order valence-electron chi connectivity index (χ3n) is 4.58. The van der Waals surface area contributed by atoms with Gasteiger partial charge in [-0.2, -0.15) is 0 Å². The van der Waals surface area contributed by atoms with Crippen molar-refractivity contribution in [2.45, 2.75) is 0 Å². The lowest BCUT2D eigenvalue weighted by molar-refractivity contribution is -0.268. The minimum Gasteiger partial charge on any atom is -0.872 e. The molecule has 8 heteroatoms. The minimum absolute atomic E-state index is 0.146. The highest BCUT2D eigenvalue weighted by atomic mass is 127. The number of hydrogen-bond donors (Lipinski definition) is 1. The third-order valence-corrected chi connectivity index (χ3v) is 5.27. The van der Waals surface area contributed by atoms with Crippen LogP contribution in [0.3, 0.4) is 0 Å². The van der Waals surface area contributed by atoms with Gasteiger partial charge < -0.3 is 24.7 Å². The Morgan fingerprint density at radius 1 is 1.00 bits per heavy atom. The largest absolute Gasteiger partial charge is 0.872 e. The zero-order valence-electron chi connectivity index (χ0n) is 15.2. The maximum absolute atomic E-state index is 11.9. The van der Waals surface area contributed by atoms with Crippen LogP contribution in [0.15, 0.2) is 63.8 Å². The molecule has 0 aromatic heterocycles. The van der Waals surface area contributed by atoms with Gasteiger partial charge in [0, 0.05) is 33.8 Å². The zero-order valence-corrected chi connectivity index (χ0v) is 17.4. The monoisotopic (exact) mass is 513 g/mol. The number of carboxylic acids is 1. The number of benzene rings is 3. The normalized spacial score (nSPS) is 11.0. The molecule has 0 unspecified atom stereocenters. The van der Waals surface area contributed by atoms with Gasteiger partial charge in [0.15, 0.2) is 5.43 Å². The Bertz CT molecular complexity index is 1340. The number of carboxylic acid groups (broad SMARTS) is 1. The number of nitrogens with one attached hydrogen (secondary N) is 1. The Hall–Kier alpha value is -3.40. The number of hydrogen-bond acceptors (Lipinski definition) is 6. The van der Waals surface area contributed by atoms with Crippen LogP contribution in [0.25, 0.3) is 33.4 Å². The van der Waals surface area contributed by atoms with Gasteiger partial charge in [-0.3, -0.25) is 9.59 Å². The molecule has 1 heterocycles. The number of rotatable bonds is 4. The number of aromatic carboxylic acids is 1. The molecule has 0 bridgehead atoms. The highest BCUT2D eigenvalue weighted by Gasteiger charge is 2.20. The Morgan fingerprint density at radius 2 is 1.77 bits per heavy atom. The third kappa shape index (κ3) is 3.61. The van der Waals surface area contributed by atoms with Crippen LogP contribution < -0.4 is 21.0 Å². The van der Waals surface area contributed by atoms with Crippen LogP contribution >= 0.6 is 22.6 Å². The minimum atomic E-state index is -1.43. The molecule has 2 aliphatic rings. The van der Waals surface area contributed by atoms with Gasteiger partial charge in [-0.25, -0.2) is 0 Å². The van der Waals surface area contributed by atoms with Gasteiger partial charge in [0.05, 0.1) is 10.4 Å². The Morgan fingerprint density at radius 3 is 2.50 bits per heavy atom. The van der Waals surface area contributed by atoms with Crippen LogP contribution in [-0.2, 0) is 4.79 Å². The van der Waals surface area contributed by atoms with Crippen molar-refractivity contribution in [3.63, 3.8) is 0 Å². The van der Waals surface area contributed by atoms with Gasteiger partial charge in [-0.1, -0.05) is 40.8 Å². The summed E-state index contributed by atoms with van der Waals surface area (Å²) in [5, 5.41) is 26.9. The lowest BCUT2D eigenvalue weighted by Gasteiger charge is -2.20. The molecule has 1 amide bonds. The molecule has 0 atom stereocenters. The summed E-state index contributed by atoms with van der Waals surface area (Å²) in [7, 11) is 0. The van der Waals surface area contributed by atoms with E-state index in [9.17, 15) is 24.6 Å². The summed E-state index contributed by atoms with van der Waals surface area (Å²) in [4.78, 5) is 35.4. The van der Waals surface area contributed by atoms with Gasteiger partial charge in [0.1, 0.15) is 11.3 Å². The average Bonchev–Trinajstić information content (AvgIpc) is 2.71. The van der Waals surface area contributed by atoms with Gasteiger partial charge >= 0.3 is 0 Å². The van der Waals surface area contributed by atoms with Crippen LogP contribution in [0.5, 0.6) is 5.75 Å². The summed E-state index contributed by atoms with van der Waals surface area (Å²) in [6.07, 6.45) is 0. The lowest BCUT2D eigenvalue weighted by Crippen LogP contribution is -2.23. The first-order valence-corrected chi connectivity index (χ1v) is 10.3. The molecule has 150 valence electrons. The van der Waals surface area contributed by atoms with Crippen molar-refractivity contribution in [1.82, 2.24) is 0 Å². The van der Waals surface area contributed by atoms with Crippen LogP contribution in [0, 0.1) is 0 Å². The first kappa shape index (κ1) is 19.9. The summed E-state index contributed by atoms with van der Waals surface area (Å²) in [6.45, 7) is 0. The molecule has 0 radical (unpaired) electrons. The SMILES string of the molecule is O=C(CI)Nc1ccc(-c2c3ccc(=O)cc-3oc3cc([O-])ccc23)c(C(=O)[O-])c1. The quantitative estimate of drug-likeness (QED) is 0.254. The van der Waals surface area contributed by atoms with E-state index in [1.54, 1.807) is 24.3 Å². The molecular formula is C22H12INO6-2. The van der Waals surface area contributed by atoms with Gasteiger partial charge in [-0.15, -0.1) is 5.75 Å². The number of fused-ring (bicyclic) bond motifs is 2. The summed E-state index contributed by atoms with van der Waals surface area (Å²) in [5.41, 5.74) is 1.41. The topological polar surface area (TPSA) is 122 Å². The van der Waals surface area contributed by atoms with Crippen LogP contribution in [0.1, 0.15) is 10.4 Å². The van der Waals surface area contributed by atoms with E-state index < -0.39 is 5.97 Å². The van der Waals surface area contributed by atoms with Gasteiger partial charge in [-0.05, 0) is 35.9 Å². The van der Waals surface area contributed by atoms with Crippen LogP contribution in [0.2, 0.25) is 0 Å². The molecule has 4 rings (SSSR count). The molecule has 30 heavy (non-hydrogen) atoms. The number of carbonyl (C=O) groups excluding carboxylic acids is 2. The van der Waals surface area contributed by atoms with Gasteiger partial charge in [0.25, 0.3) is 0 Å². The standard InChI is InChI=1S/C22H14INO6/c23-10-20(27)24-11-1-4-14(17(7-11)22(28)29)21-15-5-2-12(25)8-18(15)30-19-9-13(26)3-6-16(19)21/h1-9,25H,10H2,(H,24,27)(H,28,29)/p-2. The molecule has 2 aromatic carbocycles. The Labute approximate surface area is 183 Å². The van der Waals surface area contributed by atoms with Crippen molar-refractivity contribution in [3.05, 3.63) is 70.4 Å². The maximum Gasteiger partial charge on any atom is 0.234 e. The van der Waals surface area contributed by atoms with Crippen LogP contribution in [-0.4, -0.2) is 16.3 Å². The average molecular weight is 513 g/mol. The van der Waals surface area contributed by atoms with E-state index >= 15 is 0 Å². The number of alkyl halides is 1. The summed E-state index contributed by atoms with van der Waals surface area (Å²) < 4.78 is 5.95. The maximum atomic E-state index is 11.9. The second-order valence-electron chi connectivity index (χ2n) is 6.52. The predicted molar refractivity (Wildman–Crippen MR) is 116 cm³/mol. The molecular weight excluding hydrogens is 501 g/mol. The number of halogens is 1. The van der Waals surface area contributed by atoms with E-state index in [1.165, 1.54) is 30.3 Å². The number of carbonyl (C=O) groups is 2. The number of anilines is 1. The van der Waals surface area contributed by atoms with E-state index in [1.807, 2.05) is 22.6 Å². The molecule has 0 spiro atoms. The van der Waals surface area contributed by atoms with Crippen molar-refractivity contribution in [3.8, 4) is 28.2 Å². The Kier molecular flexibility index (Phi) is 5.17. The van der Waals surface area contributed by atoms with Crippen molar-refractivity contribution < 1.29 is 24.2 Å². The van der Waals surface area contributed by atoms with Crippen molar-refractivity contribution >= 4 is 51.1 Å². The predicted octanol–water partition coefficient (Wildman–Crippen LogP) is 2.38. The molecule has 1 aliphatic heterocycles. The molecule has 0 saturated carbocycles. The number of amides is 1. The van der Waals surface area contributed by atoms with Crippen LogP contribution in [0.4, 0.5) is 5.69 Å². The molecule has 7 nitrogen and oxygen atoms in total. The van der Waals surface area contributed by atoms with E-state index in [4.69, 9.17) is 4.42 Å². The van der Waals surface area contributed by atoms with Crippen molar-refractivity contribution in [1.29, 1.82) is 0 Å². The fourth-order valence-corrected chi connectivity index (χ4v) is 3.53. The first-order chi connectivity index (χ1) is 14.4. The van der Waals surface area contributed by atoms with E-state index in [0.29, 0.717) is 27.8 Å². The van der Waals surface area contributed by atoms with E-state index in [0.717, 1.165) is 0 Å². The van der Waals surface area contributed by atoms with E-state index in [-0.39, 0.29) is 38.4 Å². The zero-order chi connectivity index (χ0) is 21.4. The van der Waals surface area contributed by atoms with Crippen molar-refractivity contribution in [2.24, 2.45) is 0 Å². The summed E-state index contributed by atoms with van der Waals surface area (Å²) in [5.74, 6) is -1.76. The van der Waals surface area contributed by atoms with Gasteiger partial charge in [0.2, 0.25) is 5.91 Å². The second kappa shape index (κ2) is 7.79. The molecule has 0 saturated heterocycles. The first-order valence-electron chi connectivity index (χ1n) is 8.76. The summed E-state index contributed by atoms with van der Waals surface area (Å²) in [6, 6.07) is 12.8. The second-order valence-corrected chi connectivity index (χ2v) is 7.29. The highest BCUT2D eigenvalue weighted by molar-refractivity contribution is 14.1. The summed E-state index contributed by atoms with van der Waals surface area (Å²) >= 11 is 1.90. The molecule has 1 aliphatic carbocycles. The fraction of sp³-hybridized carbons (Fsp3) is 0.0455. The fourth-order valence-electron chi connectivity index (χ4n) is 3.34. The highest BCUT2D eigenvalue weighted by Crippen LogP contribution is 2.42. The van der Waals surface area contributed by atoms with Crippen molar-refractivity contribution in [2.75, 3.05) is 9.74 Å². The van der Waals surface area contributed by atoms with E-state index in [2.05, 4.69) is 5.32 Å².